The molecule has 1 N–H and O–H groups in total. The first-order valence-corrected chi connectivity index (χ1v) is 11.9. The summed E-state index contributed by atoms with van der Waals surface area (Å²) in [6.07, 6.45) is 0.518. The van der Waals surface area contributed by atoms with E-state index in [0.29, 0.717) is 22.2 Å². The Morgan fingerprint density at radius 2 is 1.57 bits per heavy atom. The summed E-state index contributed by atoms with van der Waals surface area (Å²) in [4.78, 5) is 27.6. The van der Waals surface area contributed by atoms with E-state index in [1.807, 2.05) is 63.2 Å². The molecule has 7 heteroatoms. The predicted octanol–water partition coefficient (Wildman–Crippen LogP) is 5.56. The van der Waals surface area contributed by atoms with E-state index in [-0.39, 0.29) is 30.2 Å². The molecule has 0 aliphatic carbocycles. The molecule has 0 spiro atoms. The molecule has 1 unspecified atom stereocenters. The number of amides is 2. The van der Waals surface area contributed by atoms with Crippen LogP contribution in [-0.2, 0) is 21.9 Å². The van der Waals surface area contributed by atoms with Crippen molar-refractivity contribution in [3.8, 4) is 0 Å². The second-order valence-corrected chi connectivity index (χ2v) is 9.08. The maximum absolute atomic E-state index is 13.2. The van der Waals surface area contributed by atoms with Crippen molar-refractivity contribution >= 4 is 46.8 Å². The van der Waals surface area contributed by atoms with E-state index in [1.54, 1.807) is 11.0 Å². The summed E-state index contributed by atoms with van der Waals surface area (Å²) < 4.78 is 0. The van der Waals surface area contributed by atoms with Crippen LogP contribution in [0.25, 0.3) is 0 Å². The van der Waals surface area contributed by atoms with Gasteiger partial charge in [0.05, 0.1) is 5.75 Å². The highest BCUT2D eigenvalue weighted by Crippen LogP contribution is 2.23. The molecular formula is C23H28Cl2N2O2S. The number of hydrogen-bond acceptors (Lipinski definition) is 3. The number of thioether (sulfide) groups is 1. The average molecular weight is 467 g/mol. The van der Waals surface area contributed by atoms with Crippen molar-refractivity contribution in [1.29, 1.82) is 0 Å². The first kappa shape index (κ1) is 24.6. The molecule has 2 aromatic carbocycles. The van der Waals surface area contributed by atoms with Crippen LogP contribution in [0.15, 0.2) is 48.5 Å². The molecule has 2 aromatic rings. The Kier molecular flexibility index (Phi) is 10.0. The fraction of sp³-hybridized carbons (Fsp3) is 0.391. The average Bonchev–Trinajstić information content (AvgIpc) is 2.70. The van der Waals surface area contributed by atoms with Gasteiger partial charge in [-0.3, -0.25) is 9.59 Å². The minimum atomic E-state index is -0.558. The van der Waals surface area contributed by atoms with Crippen LogP contribution in [-0.4, -0.2) is 34.6 Å². The van der Waals surface area contributed by atoms with Crippen LogP contribution in [0.2, 0.25) is 10.0 Å². The first-order chi connectivity index (χ1) is 14.3. The van der Waals surface area contributed by atoms with Crippen molar-refractivity contribution in [3.05, 3.63) is 69.7 Å². The summed E-state index contributed by atoms with van der Waals surface area (Å²) in [5.41, 5.74) is 1.80. The fourth-order valence-corrected chi connectivity index (χ4v) is 4.45. The molecule has 2 amide bonds. The molecule has 0 aliphatic rings. The highest BCUT2D eigenvalue weighted by molar-refractivity contribution is 7.99. The lowest BCUT2D eigenvalue weighted by atomic mass is 10.1. The molecule has 0 aliphatic heterocycles. The smallest absolute Gasteiger partial charge is 0.243 e. The Bertz CT molecular complexity index is 861. The standard InChI is InChI=1S/C23H28Cl2N2O2S/c1-4-21(23(29)26-16(2)3)27(13-17-9-5-7-11-19(17)24)22(28)15-30-14-18-10-6-8-12-20(18)25/h5-12,16,21H,4,13-15H2,1-3H3,(H,26,29). The van der Waals surface area contributed by atoms with E-state index in [9.17, 15) is 9.59 Å². The van der Waals surface area contributed by atoms with Crippen molar-refractivity contribution in [3.63, 3.8) is 0 Å². The Morgan fingerprint density at radius 1 is 1.00 bits per heavy atom. The zero-order chi connectivity index (χ0) is 22.1. The van der Waals surface area contributed by atoms with E-state index >= 15 is 0 Å². The number of carbonyl (C=O) groups excluding carboxylic acids is 2. The van der Waals surface area contributed by atoms with Crippen molar-refractivity contribution in [2.45, 2.75) is 51.6 Å². The minimum absolute atomic E-state index is 0.00147. The number of hydrogen-bond donors (Lipinski definition) is 1. The van der Waals surface area contributed by atoms with Crippen LogP contribution in [0.1, 0.15) is 38.3 Å². The summed E-state index contributed by atoms with van der Waals surface area (Å²) >= 11 is 14.0. The first-order valence-electron chi connectivity index (χ1n) is 9.97. The highest BCUT2D eigenvalue weighted by Gasteiger charge is 2.29. The number of nitrogens with zero attached hydrogens (tertiary/aromatic N) is 1. The van der Waals surface area contributed by atoms with Gasteiger partial charge in [-0.25, -0.2) is 0 Å². The number of nitrogens with one attached hydrogen (secondary N) is 1. The Balaban J connectivity index is 2.16. The van der Waals surface area contributed by atoms with Crippen LogP contribution in [0.3, 0.4) is 0 Å². The van der Waals surface area contributed by atoms with Gasteiger partial charge in [0, 0.05) is 28.4 Å². The highest BCUT2D eigenvalue weighted by atomic mass is 35.5. The maximum atomic E-state index is 13.2. The van der Waals surface area contributed by atoms with Gasteiger partial charge < -0.3 is 10.2 Å². The third-order valence-electron chi connectivity index (χ3n) is 4.56. The van der Waals surface area contributed by atoms with Gasteiger partial charge in [0.1, 0.15) is 6.04 Å². The molecule has 4 nitrogen and oxygen atoms in total. The SMILES string of the molecule is CCC(C(=O)NC(C)C)N(Cc1ccccc1Cl)C(=O)CSCc1ccccc1Cl. The maximum Gasteiger partial charge on any atom is 0.243 e. The molecule has 30 heavy (non-hydrogen) atoms. The minimum Gasteiger partial charge on any atom is -0.352 e. The van der Waals surface area contributed by atoms with Crippen molar-refractivity contribution in [2.24, 2.45) is 0 Å². The molecule has 2 rings (SSSR count). The van der Waals surface area contributed by atoms with Gasteiger partial charge in [0.2, 0.25) is 11.8 Å². The zero-order valence-electron chi connectivity index (χ0n) is 17.5. The molecule has 1 atom stereocenters. The summed E-state index contributed by atoms with van der Waals surface area (Å²) in [5.74, 6) is 0.628. The lowest BCUT2D eigenvalue weighted by Gasteiger charge is -2.31. The van der Waals surface area contributed by atoms with Gasteiger partial charge in [-0.1, -0.05) is 66.5 Å². The van der Waals surface area contributed by atoms with Crippen LogP contribution >= 0.6 is 35.0 Å². The lowest BCUT2D eigenvalue weighted by Crippen LogP contribution is -2.51. The van der Waals surface area contributed by atoms with Crippen LogP contribution in [0.4, 0.5) is 0 Å². The quantitative estimate of drug-likeness (QED) is 0.498. The van der Waals surface area contributed by atoms with E-state index < -0.39 is 6.04 Å². The van der Waals surface area contributed by atoms with Gasteiger partial charge in [-0.15, -0.1) is 11.8 Å². The zero-order valence-corrected chi connectivity index (χ0v) is 19.9. The van der Waals surface area contributed by atoms with Gasteiger partial charge in [-0.2, -0.15) is 0 Å². The fourth-order valence-electron chi connectivity index (χ4n) is 3.06. The molecule has 0 saturated carbocycles. The van der Waals surface area contributed by atoms with Crippen LogP contribution < -0.4 is 5.32 Å². The molecule has 162 valence electrons. The van der Waals surface area contributed by atoms with Crippen molar-refractivity contribution in [1.82, 2.24) is 10.2 Å². The van der Waals surface area contributed by atoms with E-state index in [2.05, 4.69) is 5.32 Å². The van der Waals surface area contributed by atoms with E-state index in [4.69, 9.17) is 23.2 Å². The molecule has 0 radical (unpaired) electrons. The monoisotopic (exact) mass is 466 g/mol. The molecular weight excluding hydrogens is 439 g/mol. The van der Waals surface area contributed by atoms with Crippen LogP contribution in [0.5, 0.6) is 0 Å². The normalized spacial score (nSPS) is 11.9. The number of halogens is 2. The largest absolute Gasteiger partial charge is 0.352 e. The summed E-state index contributed by atoms with van der Waals surface area (Å²) in [6.45, 7) is 6.01. The predicted molar refractivity (Wildman–Crippen MR) is 127 cm³/mol. The number of carbonyl (C=O) groups is 2. The number of benzene rings is 2. The van der Waals surface area contributed by atoms with Gasteiger partial charge in [-0.05, 0) is 43.5 Å². The second-order valence-electron chi connectivity index (χ2n) is 7.28. The summed E-state index contributed by atoms with van der Waals surface area (Å²) in [5, 5.41) is 4.20. The molecule has 0 saturated heterocycles. The Hall–Kier alpha value is -1.69. The van der Waals surface area contributed by atoms with Gasteiger partial charge in [0.15, 0.2) is 0 Å². The lowest BCUT2D eigenvalue weighted by molar-refractivity contribution is -0.139. The van der Waals surface area contributed by atoms with Gasteiger partial charge >= 0.3 is 0 Å². The Morgan fingerprint density at radius 3 is 2.10 bits per heavy atom. The van der Waals surface area contributed by atoms with Gasteiger partial charge in [0.25, 0.3) is 0 Å². The Labute approximate surface area is 193 Å². The molecule has 0 aromatic heterocycles. The van der Waals surface area contributed by atoms with Crippen LogP contribution in [0, 0.1) is 0 Å². The molecule has 0 bridgehead atoms. The third-order valence-corrected chi connectivity index (χ3v) is 6.26. The third kappa shape index (κ3) is 7.22. The topological polar surface area (TPSA) is 49.4 Å². The van der Waals surface area contributed by atoms with E-state index in [1.165, 1.54) is 11.8 Å². The molecule has 0 fully saturated rings. The molecule has 0 heterocycles. The number of rotatable bonds is 10. The van der Waals surface area contributed by atoms with Crippen molar-refractivity contribution < 1.29 is 9.59 Å². The summed E-state index contributed by atoms with van der Waals surface area (Å²) in [7, 11) is 0. The summed E-state index contributed by atoms with van der Waals surface area (Å²) in [6, 6.07) is 14.4. The van der Waals surface area contributed by atoms with E-state index in [0.717, 1.165) is 11.1 Å². The second kappa shape index (κ2) is 12.2. The van der Waals surface area contributed by atoms with Crippen molar-refractivity contribution in [2.75, 3.05) is 5.75 Å².